The van der Waals surface area contributed by atoms with Crippen molar-refractivity contribution in [2.24, 2.45) is 4.99 Å². The standard InChI is InChI=1S/C14H18BNO2/c1-13(2)14(3,4)18-15(17-13)11-7-5-6-10-8-9-16-12(10)11/h5-6,8-9H,7H2,1-4H3. The van der Waals surface area contributed by atoms with E-state index in [0.717, 1.165) is 23.2 Å². The molecule has 0 radical (unpaired) electrons. The van der Waals surface area contributed by atoms with Gasteiger partial charge in [0.05, 0.1) is 16.9 Å². The summed E-state index contributed by atoms with van der Waals surface area (Å²) in [7, 11) is -0.284. The molecule has 1 aliphatic carbocycles. The summed E-state index contributed by atoms with van der Waals surface area (Å²) in [5.74, 6) is 0. The summed E-state index contributed by atoms with van der Waals surface area (Å²) in [5, 5.41) is 0. The maximum atomic E-state index is 6.10. The van der Waals surface area contributed by atoms with Gasteiger partial charge in [0.25, 0.3) is 0 Å². The van der Waals surface area contributed by atoms with Crippen molar-refractivity contribution < 1.29 is 9.31 Å². The largest absolute Gasteiger partial charge is 0.493 e. The van der Waals surface area contributed by atoms with Crippen LogP contribution >= 0.6 is 0 Å². The fraction of sp³-hybridized carbons (Fsp3) is 0.500. The summed E-state index contributed by atoms with van der Waals surface area (Å²) in [5.41, 5.74) is 2.73. The number of aliphatic imine (C=N–C) groups is 1. The van der Waals surface area contributed by atoms with Crippen molar-refractivity contribution in [2.45, 2.75) is 45.3 Å². The van der Waals surface area contributed by atoms with E-state index in [1.54, 1.807) is 0 Å². The van der Waals surface area contributed by atoms with Crippen LogP contribution in [0.2, 0.25) is 0 Å². The van der Waals surface area contributed by atoms with E-state index in [4.69, 9.17) is 9.31 Å². The number of hydrogen-bond acceptors (Lipinski definition) is 3. The van der Waals surface area contributed by atoms with E-state index < -0.39 is 0 Å². The minimum atomic E-state index is -0.293. The highest BCUT2D eigenvalue weighted by atomic mass is 16.7. The van der Waals surface area contributed by atoms with Crippen molar-refractivity contribution in [3.05, 3.63) is 35.0 Å². The molecule has 0 bridgehead atoms. The minimum Gasteiger partial charge on any atom is -0.400 e. The third-order valence-corrected chi connectivity index (χ3v) is 4.21. The first-order chi connectivity index (χ1) is 8.41. The summed E-state index contributed by atoms with van der Waals surface area (Å²) in [6.07, 6.45) is 8.96. The Bertz CT molecular complexity index is 496. The van der Waals surface area contributed by atoms with Crippen LogP contribution in [0, 0.1) is 0 Å². The molecule has 0 aromatic rings. The number of rotatable bonds is 1. The molecule has 18 heavy (non-hydrogen) atoms. The highest BCUT2D eigenvalue weighted by molar-refractivity contribution is 6.55. The van der Waals surface area contributed by atoms with Crippen molar-refractivity contribution in [2.75, 3.05) is 0 Å². The molecule has 0 saturated carbocycles. The predicted octanol–water partition coefficient (Wildman–Crippen LogP) is 2.84. The zero-order chi connectivity index (χ0) is 13.0. The van der Waals surface area contributed by atoms with Crippen LogP contribution in [0.25, 0.3) is 0 Å². The highest BCUT2D eigenvalue weighted by Gasteiger charge is 2.53. The van der Waals surface area contributed by atoms with Gasteiger partial charge in [-0.1, -0.05) is 12.2 Å². The minimum absolute atomic E-state index is 0.284. The molecule has 0 atom stereocenters. The molecule has 0 aromatic heterocycles. The van der Waals surface area contributed by atoms with Crippen LogP contribution < -0.4 is 0 Å². The highest BCUT2D eigenvalue weighted by Crippen LogP contribution is 2.41. The summed E-state index contributed by atoms with van der Waals surface area (Å²) in [6, 6.07) is 0. The molecule has 1 saturated heterocycles. The Balaban J connectivity index is 1.95. The Morgan fingerprint density at radius 2 is 1.83 bits per heavy atom. The third-order valence-electron chi connectivity index (χ3n) is 4.21. The van der Waals surface area contributed by atoms with Crippen molar-refractivity contribution in [1.82, 2.24) is 0 Å². The van der Waals surface area contributed by atoms with Gasteiger partial charge in [-0.2, -0.15) is 0 Å². The van der Waals surface area contributed by atoms with Crippen molar-refractivity contribution in [3.63, 3.8) is 0 Å². The fourth-order valence-electron chi connectivity index (χ4n) is 2.35. The zero-order valence-corrected chi connectivity index (χ0v) is 11.4. The lowest BCUT2D eigenvalue weighted by atomic mass is 9.72. The maximum absolute atomic E-state index is 6.10. The lowest BCUT2D eigenvalue weighted by Gasteiger charge is -2.32. The first-order valence-electron chi connectivity index (χ1n) is 6.41. The molecule has 94 valence electrons. The Kier molecular flexibility index (Phi) is 2.44. The van der Waals surface area contributed by atoms with E-state index in [1.807, 2.05) is 12.3 Å². The molecule has 2 aliphatic heterocycles. The monoisotopic (exact) mass is 243 g/mol. The Labute approximate surface area is 108 Å². The molecular weight excluding hydrogens is 225 g/mol. The Hall–Kier alpha value is -1.13. The second-order valence-electron chi connectivity index (χ2n) is 5.97. The molecule has 1 fully saturated rings. The van der Waals surface area contributed by atoms with Crippen LogP contribution in [0.3, 0.4) is 0 Å². The quantitative estimate of drug-likeness (QED) is 0.663. The molecule has 0 aromatic carbocycles. The summed E-state index contributed by atoms with van der Waals surface area (Å²) >= 11 is 0. The first kappa shape index (κ1) is 11.9. The van der Waals surface area contributed by atoms with E-state index in [1.165, 1.54) is 0 Å². The van der Waals surface area contributed by atoms with Gasteiger partial charge in [-0.15, -0.1) is 0 Å². The molecule has 3 nitrogen and oxygen atoms in total. The number of fused-ring (bicyclic) bond motifs is 1. The van der Waals surface area contributed by atoms with Gasteiger partial charge >= 0.3 is 7.12 Å². The third kappa shape index (κ3) is 1.63. The molecule has 0 spiro atoms. The van der Waals surface area contributed by atoms with Gasteiger partial charge in [-0.3, -0.25) is 4.99 Å². The summed E-state index contributed by atoms with van der Waals surface area (Å²) in [4.78, 5) is 4.43. The van der Waals surface area contributed by atoms with E-state index in [9.17, 15) is 0 Å². The predicted molar refractivity (Wildman–Crippen MR) is 73.4 cm³/mol. The molecule has 4 heteroatoms. The van der Waals surface area contributed by atoms with Gasteiger partial charge in [0, 0.05) is 11.8 Å². The Morgan fingerprint density at radius 1 is 1.17 bits per heavy atom. The van der Waals surface area contributed by atoms with E-state index in [-0.39, 0.29) is 18.3 Å². The van der Waals surface area contributed by atoms with E-state index in [2.05, 4.69) is 44.8 Å². The Morgan fingerprint density at radius 3 is 2.50 bits per heavy atom. The molecule has 0 unspecified atom stereocenters. The lowest BCUT2D eigenvalue weighted by Crippen LogP contribution is -2.41. The van der Waals surface area contributed by atoms with Gasteiger partial charge in [-0.25, -0.2) is 0 Å². The van der Waals surface area contributed by atoms with E-state index in [0.29, 0.717) is 0 Å². The van der Waals surface area contributed by atoms with Crippen LogP contribution in [-0.2, 0) is 9.31 Å². The van der Waals surface area contributed by atoms with Crippen molar-refractivity contribution >= 4 is 13.3 Å². The van der Waals surface area contributed by atoms with Crippen LogP contribution in [-0.4, -0.2) is 24.5 Å². The zero-order valence-electron chi connectivity index (χ0n) is 11.4. The van der Waals surface area contributed by atoms with Crippen LogP contribution in [0.4, 0.5) is 0 Å². The molecule has 3 aliphatic rings. The first-order valence-corrected chi connectivity index (χ1v) is 6.41. The average molecular weight is 243 g/mol. The second kappa shape index (κ2) is 3.68. The molecule has 0 N–H and O–H groups in total. The molecule has 2 heterocycles. The van der Waals surface area contributed by atoms with Crippen molar-refractivity contribution in [1.29, 1.82) is 0 Å². The number of hydrogen-bond donors (Lipinski definition) is 0. The van der Waals surface area contributed by atoms with E-state index >= 15 is 0 Å². The smallest absolute Gasteiger partial charge is 0.400 e. The number of allylic oxidation sites excluding steroid dienone is 4. The van der Waals surface area contributed by atoms with Crippen LogP contribution in [0.15, 0.2) is 40.0 Å². The SMILES string of the molecule is CC1(C)OB(C2=C3N=CC=C3C=CC2)OC1(C)C. The van der Waals surface area contributed by atoms with Crippen LogP contribution in [0.5, 0.6) is 0 Å². The van der Waals surface area contributed by atoms with Gasteiger partial charge in [0.15, 0.2) is 0 Å². The lowest BCUT2D eigenvalue weighted by molar-refractivity contribution is 0.00578. The average Bonchev–Trinajstić information content (AvgIpc) is 2.81. The molecular formula is C14H18BNO2. The second-order valence-corrected chi connectivity index (χ2v) is 5.97. The van der Waals surface area contributed by atoms with Crippen LogP contribution in [0.1, 0.15) is 34.1 Å². The maximum Gasteiger partial charge on any atom is 0.493 e. The number of nitrogens with zero attached hydrogens (tertiary/aromatic N) is 1. The molecule has 0 amide bonds. The van der Waals surface area contributed by atoms with Crippen molar-refractivity contribution in [3.8, 4) is 0 Å². The normalized spacial score (nSPS) is 27.8. The summed E-state index contributed by atoms with van der Waals surface area (Å²) < 4.78 is 12.2. The summed E-state index contributed by atoms with van der Waals surface area (Å²) in [6.45, 7) is 8.30. The van der Waals surface area contributed by atoms with Gasteiger partial charge in [-0.05, 0) is 45.7 Å². The van der Waals surface area contributed by atoms with Gasteiger partial charge in [0.1, 0.15) is 0 Å². The van der Waals surface area contributed by atoms with Gasteiger partial charge < -0.3 is 9.31 Å². The fourth-order valence-corrected chi connectivity index (χ4v) is 2.35. The molecule has 3 rings (SSSR count). The van der Waals surface area contributed by atoms with Gasteiger partial charge in [0.2, 0.25) is 0 Å². The topological polar surface area (TPSA) is 30.8 Å².